The zero-order valence-corrected chi connectivity index (χ0v) is 20.7. The van der Waals surface area contributed by atoms with Crippen molar-refractivity contribution in [3.05, 3.63) is 108 Å². The molecule has 3 aromatic carbocycles. The lowest BCUT2D eigenvalue weighted by Crippen LogP contribution is -2.47. The fourth-order valence-electron chi connectivity index (χ4n) is 3.71. The van der Waals surface area contributed by atoms with Gasteiger partial charge in [0.2, 0.25) is 0 Å². The first-order valence-electron chi connectivity index (χ1n) is 12.0. The molecule has 0 spiro atoms. The molecular formula is C29H30N4O4. The molecule has 3 amide bonds. The van der Waals surface area contributed by atoms with Crippen LogP contribution in [0.2, 0.25) is 0 Å². The number of carbonyl (C=O) groups is 2. The summed E-state index contributed by atoms with van der Waals surface area (Å²) in [6.45, 7) is 0.917. The summed E-state index contributed by atoms with van der Waals surface area (Å²) in [5.74, 6) is 0.382. The molecule has 0 aliphatic rings. The summed E-state index contributed by atoms with van der Waals surface area (Å²) in [6, 6.07) is 28.1. The standard InChI is InChI=1S/C29H30N4O4/c1-33(18-22-10-4-2-5-11-22)28(34)31-26(20-36-19-23-12-6-3-7-13-23)21-37-29(35)32-27-16-24-14-8-9-15-25(24)17-30-27/h2-17,26H,18-21H2,1H3,(H,31,34)(H,30,32,35)/t26-/m0/s1. The van der Waals surface area contributed by atoms with Gasteiger partial charge in [-0.3, -0.25) is 5.32 Å². The quantitative estimate of drug-likeness (QED) is 0.313. The highest BCUT2D eigenvalue weighted by Crippen LogP contribution is 2.16. The first kappa shape index (κ1) is 25.7. The number of urea groups is 1. The lowest BCUT2D eigenvalue weighted by molar-refractivity contribution is 0.0715. The molecule has 2 N–H and O–H groups in total. The number of nitrogens with one attached hydrogen (secondary N) is 2. The van der Waals surface area contributed by atoms with E-state index in [1.165, 1.54) is 0 Å². The minimum atomic E-state index is -0.664. The smallest absolute Gasteiger partial charge is 0.412 e. The topological polar surface area (TPSA) is 92.8 Å². The molecule has 4 rings (SSSR count). The van der Waals surface area contributed by atoms with Gasteiger partial charge in [0.1, 0.15) is 12.4 Å². The number of amides is 3. The lowest BCUT2D eigenvalue weighted by atomic mass is 10.2. The van der Waals surface area contributed by atoms with E-state index in [2.05, 4.69) is 15.6 Å². The number of aromatic nitrogens is 1. The van der Waals surface area contributed by atoms with Crippen LogP contribution >= 0.6 is 0 Å². The second kappa shape index (κ2) is 13.0. The summed E-state index contributed by atoms with van der Waals surface area (Å²) in [5.41, 5.74) is 2.02. The summed E-state index contributed by atoms with van der Waals surface area (Å²) in [6.07, 6.45) is 1.02. The number of hydrogen-bond donors (Lipinski definition) is 2. The van der Waals surface area contributed by atoms with Crippen LogP contribution in [0.15, 0.2) is 97.2 Å². The van der Waals surface area contributed by atoms with E-state index in [0.29, 0.717) is 19.0 Å². The third-order valence-electron chi connectivity index (χ3n) is 5.64. The van der Waals surface area contributed by atoms with Crippen molar-refractivity contribution in [1.29, 1.82) is 0 Å². The van der Waals surface area contributed by atoms with Crippen LogP contribution in [0.1, 0.15) is 11.1 Å². The molecule has 8 nitrogen and oxygen atoms in total. The van der Waals surface area contributed by atoms with Crippen molar-refractivity contribution in [3.8, 4) is 0 Å². The maximum Gasteiger partial charge on any atom is 0.412 e. The minimum absolute atomic E-state index is 0.0703. The lowest BCUT2D eigenvalue weighted by Gasteiger charge is -2.23. The van der Waals surface area contributed by atoms with Gasteiger partial charge in [-0.1, -0.05) is 84.9 Å². The summed E-state index contributed by atoms with van der Waals surface area (Å²) >= 11 is 0. The summed E-state index contributed by atoms with van der Waals surface area (Å²) in [7, 11) is 1.71. The van der Waals surface area contributed by atoms with Gasteiger partial charge >= 0.3 is 12.1 Å². The minimum Gasteiger partial charge on any atom is -0.447 e. The summed E-state index contributed by atoms with van der Waals surface area (Å²) < 4.78 is 11.2. The zero-order valence-electron chi connectivity index (χ0n) is 20.7. The average molecular weight is 499 g/mol. The molecule has 1 aromatic heterocycles. The van der Waals surface area contributed by atoms with Crippen LogP contribution in [-0.4, -0.2) is 48.3 Å². The molecule has 4 aromatic rings. The van der Waals surface area contributed by atoms with Crippen molar-refractivity contribution in [2.24, 2.45) is 0 Å². The number of nitrogens with zero attached hydrogens (tertiary/aromatic N) is 2. The van der Waals surface area contributed by atoms with E-state index in [1.807, 2.05) is 84.9 Å². The van der Waals surface area contributed by atoms with Crippen LogP contribution in [0.25, 0.3) is 10.8 Å². The van der Waals surface area contributed by atoms with Gasteiger partial charge in [0.15, 0.2) is 0 Å². The number of ether oxygens (including phenoxy) is 2. The highest BCUT2D eigenvalue weighted by Gasteiger charge is 2.18. The molecule has 37 heavy (non-hydrogen) atoms. The normalized spacial score (nSPS) is 11.5. The molecule has 0 bridgehead atoms. The number of fused-ring (bicyclic) bond motifs is 1. The van der Waals surface area contributed by atoms with Gasteiger partial charge in [0.25, 0.3) is 0 Å². The molecule has 0 unspecified atom stereocenters. The Morgan fingerprint density at radius 2 is 1.51 bits per heavy atom. The number of hydrogen-bond acceptors (Lipinski definition) is 5. The van der Waals surface area contributed by atoms with Crippen LogP contribution < -0.4 is 10.6 Å². The molecule has 0 aliphatic carbocycles. The van der Waals surface area contributed by atoms with Crippen LogP contribution in [0.5, 0.6) is 0 Å². The molecule has 0 saturated carbocycles. The average Bonchev–Trinajstić information content (AvgIpc) is 2.92. The van der Waals surface area contributed by atoms with Gasteiger partial charge in [-0.2, -0.15) is 0 Å². The Hall–Kier alpha value is -4.43. The van der Waals surface area contributed by atoms with Gasteiger partial charge in [-0.05, 0) is 22.6 Å². The van der Waals surface area contributed by atoms with Crippen molar-refractivity contribution >= 4 is 28.7 Å². The van der Waals surface area contributed by atoms with E-state index in [0.717, 1.165) is 21.9 Å². The number of anilines is 1. The third-order valence-corrected chi connectivity index (χ3v) is 5.64. The molecular weight excluding hydrogens is 468 g/mol. The first-order chi connectivity index (χ1) is 18.1. The van der Waals surface area contributed by atoms with Gasteiger partial charge in [-0.25, -0.2) is 14.6 Å². The third kappa shape index (κ3) is 8.05. The molecule has 1 atom stereocenters. The number of pyridine rings is 1. The number of benzene rings is 3. The van der Waals surface area contributed by atoms with Gasteiger partial charge in [0, 0.05) is 25.2 Å². The zero-order chi connectivity index (χ0) is 25.9. The van der Waals surface area contributed by atoms with E-state index < -0.39 is 12.1 Å². The summed E-state index contributed by atoms with van der Waals surface area (Å²) in [4.78, 5) is 31.1. The Labute approximate surface area is 216 Å². The van der Waals surface area contributed by atoms with Crippen molar-refractivity contribution in [1.82, 2.24) is 15.2 Å². The van der Waals surface area contributed by atoms with E-state index in [1.54, 1.807) is 24.2 Å². The predicted octanol–water partition coefficient (Wildman–Crippen LogP) is 5.21. The van der Waals surface area contributed by atoms with E-state index in [4.69, 9.17) is 9.47 Å². The number of carbonyl (C=O) groups excluding carboxylic acids is 2. The van der Waals surface area contributed by atoms with Gasteiger partial charge in [0.05, 0.1) is 19.3 Å². The van der Waals surface area contributed by atoms with E-state index in [-0.39, 0.29) is 19.2 Å². The maximum atomic E-state index is 12.8. The summed E-state index contributed by atoms with van der Waals surface area (Å²) in [5, 5.41) is 7.48. The monoisotopic (exact) mass is 498 g/mol. The molecule has 190 valence electrons. The fraction of sp³-hybridized carbons (Fsp3) is 0.207. The van der Waals surface area contributed by atoms with Crippen LogP contribution in [0, 0.1) is 0 Å². The van der Waals surface area contributed by atoms with E-state index in [9.17, 15) is 9.59 Å². The molecule has 0 aliphatic heterocycles. The van der Waals surface area contributed by atoms with Gasteiger partial charge < -0.3 is 19.7 Å². The Balaban J connectivity index is 1.33. The Morgan fingerprint density at radius 1 is 0.865 bits per heavy atom. The molecule has 0 radical (unpaired) electrons. The maximum absolute atomic E-state index is 12.8. The van der Waals surface area contributed by atoms with Crippen LogP contribution in [0.3, 0.4) is 0 Å². The molecule has 0 fully saturated rings. The predicted molar refractivity (Wildman–Crippen MR) is 143 cm³/mol. The first-order valence-corrected chi connectivity index (χ1v) is 12.0. The van der Waals surface area contributed by atoms with Crippen molar-refractivity contribution in [3.63, 3.8) is 0 Å². The SMILES string of the molecule is CN(Cc1ccccc1)C(=O)N[C@@H](COCc1ccccc1)COC(=O)Nc1cc2ccccc2cn1. The fourth-order valence-corrected chi connectivity index (χ4v) is 3.71. The van der Waals surface area contributed by atoms with Crippen molar-refractivity contribution in [2.45, 2.75) is 19.2 Å². The van der Waals surface area contributed by atoms with Crippen molar-refractivity contribution in [2.75, 3.05) is 25.6 Å². The Bertz CT molecular complexity index is 1300. The van der Waals surface area contributed by atoms with Crippen LogP contribution in [0.4, 0.5) is 15.4 Å². The largest absolute Gasteiger partial charge is 0.447 e. The van der Waals surface area contributed by atoms with Gasteiger partial charge in [-0.15, -0.1) is 0 Å². The Kier molecular flexibility index (Phi) is 9.04. The molecule has 8 heteroatoms. The van der Waals surface area contributed by atoms with Crippen molar-refractivity contribution < 1.29 is 19.1 Å². The highest BCUT2D eigenvalue weighted by atomic mass is 16.6. The molecule has 0 saturated heterocycles. The second-order valence-corrected chi connectivity index (χ2v) is 8.63. The highest BCUT2D eigenvalue weighted by molar-refractivity contribution is 5.89. The van der Waals surface area contributed by atoms with Crippen LogP contribution in [-0.2, 0) is 22.6 Å². The number of rotatable bonds is 10. The molecule has 1 heterocycles. The second-order valence-electron chi connectivity index (χ2n) is 8.63. The van der Waals surface area contributed by atoms with E-state index >= 15 is 0 Å². The Morgan fingerprint density at radius 3 is 2.24 bits per heavy atom.